The van der Waals surface area contributed by atoms with Gasteiger partial charge in [0, 0.05) is 42.1 Å². The van der Waals surface area contributed by atoms with Crippen LogP contribution in [0, 0.1) is 17.8 Å². The SMILES string of the molecule is Clc1ccc(C2=NC3(ON2)C2CC4CC3CN(C4)C2)cc1. The minimum Gasteiger partial charge on any atom is -0.302 e. The smallest absolute Gasteiger partial charge is 0.195 e. The first-order chi connectivity index (χ1) is 10.2. The maximum atomic E-state index is 6.10. The molecule has 110 valence electrons. The van der Waals surface area contributed by atoms with Crippen LogP contribution in [-0.2, 0) is 4.84 Å². The fraction of sp³-hybridized carbons (Fsp3) is 0.562. The maximum Gasteiger partial charge on any atom is 0.195 e. The Balaban J connectivity index is 1.52. The number of nitrogens with zero attached hydrogens (tertiary/aromatic N) is 2. The molecule has 1 N–H and O–H groups in total. The van der Waals surface area contributed by atoms with Crippen molar-refractivity contribution in [1.29, 1.82) is 0 Å². The van der Waals surface area contributed by atoms with Crippen LogP contribution in [0.2, 0.25) is 5.02 Å². The van der Waals surface area contributed by atoms with E-state index in [1.165, 1.54) is 19.4 Å². The molecule has 1 aliphatic carbocycles. The average molecular weight is 304 g/mol. The minimum atomic E-state index is -0.331. The van der Waals surface area contributed by atoms with Crippen LogP contribution in [0.1, 0.15) is 18.4 Å². The van der Waals surface area contributed by atoms with Gasteiger partial charge in [-0.1, -0.05) is 11.6 Å². The number of halogens is 1. The molecule has 4 fully saturated rings. The highest BCUT2D eigenvalue weighted by molar-refractivity contribution is 6.30. The normalized spacial score (nSPS) is 43.2. The highest BCUT2D eigenvalue weighted by Gasteiger charge is 2.60. The van der Waals surface area contributed by atoms with Crippen molar-refractivity contribution >= 4 is 17.4 Å². The van der Waals surface area contributed by atoms with E-state index in [4.69, 9.17) is 21.4 Å². The van der Waals surface area contributed by atoms with Crippen molar-refractivity contribution in [3.8, 4) is 0 Å². The second kappa shape index (κ2) is 4.22. The summed E-state index contributed by atoms with van der Waals surface area (Å²) in [6.45, 7) is 3.54. The zero-order valence-electron chi connectivity index (χ0n) is 11.8. The molecular formula is C16H18ClN3O. The third kappa shape index (κ3) is 1.73. The minimum absolute atomic E-state index is 0.331. The molecule has 1 spiro atoms. The number of hydrogen-bond acceptors (Lipinski definition) is 4. The van der Waals surface area contributed by atoms with Crippen LogP contribution in [0.25, 0.3) is 0 Å². The third-order valence-corrected chi connectivity index (χ3v) is 5.85. The van der Waals surface area contributed by atoms with Crippen LogP contribution in [-0.4, -0.2) is 36.1 Å². The van der Waals surface area contributed by atoms with Gasteiger partial charge in [0.05, 0.1) is 0 Å². The van der Waals surface area contributed by atoms with Gasteiger partial charge in [-0.2, -0.15) is 0 Å². The Morgan fingerprint density at radius 3 is 2.52 bits per heavy atom. The van der Waals surface area contributed by atoms with Gasteiger partial charge in [0.1, 0.15) is 0 Å². The second-order valence-electron chi connectivity index (χ2n) is 6.87. The highest BCUT2D eigenvalue weighted by Crippen LogP contribution is 2.52. The Morgan fingerprint density at radius 2 is 1.86 bits per heavy atom. The van der Waals surface area contributed by atoms with Crippen molar-refractivity contribution in [1.82, 2.24) is 10.4 Å². The summed E-state index contributed by atoms with van der Waals surface area (Å²) < 4.78 is 0. The summed E-state index contributed by atoms with van der Waals surface area (Å²) >= 11 is 5.96. The monoisotopic (exact) mass is 303 g/mol. The fourth-order valence-electron chi connectivity index (χ4n) is 4.77. The van der Waals surface area contributed by atoms with Gasteiger partial charge in [0.15, 0.2) is 11.6 Å². The Bertz CT molecular complexity index is 584. The summed E-state index contributed by atoms with van der Waals surface area (Å²) in [6.07, 6.45) is 2.51. The number of benzene rings is 1. The molecule has 1 saturated carbocycles. The van der Waals surface area contributed by atoms with Crippen molar-refractivity contribution in [2.24, 2.45) is 22.7 Å². The molecule has 1 aromatic carbocycles. The molecule has 1 aromatic rings. The Morgan fingerprint density at radius 1 is 1.14 bits per heavy atom. The Hall–Kier alpha value is -1.10. The average Bonchev–Trinajstić information content (AvgIpc) is 2.91. The van der Waals surface area contributed by atoms with E-state index in [0.29, 0.717) is 11.8 Å². The van der Waals surface area contributed by atoms with Crippen molar-refractivity contribution < 1.29 is 4.84 Å². The van der Waals surface area contributed by atoms with Gasteiger partial charge in [-0.05, 0) is 43.0 Å². The Labute approximate surface area is 129 Å². The number of piperidine rings is 3. The third-order valence-electron chi connectivity index (χ3n) is 5.59. The van der Waals surface area contributed by atoms with Crippen LogP contribution in [0.4, 0.5) is 0 Å². The summed E-state index contributed by atoms with van der Waals surface area (Å²) in [7, 11) is 0. The maximum absolute atomic E-state index is 6.10. The van der Waals surface area contributed by atoms with Crippen LogP contribution in [0.3, 0.4) is 0 Å². The van der Waals surface area contributed by atoms with Gasteiger partial charge in [0.2, 0.25) is 0 Å². The molecule has 4 nitrogen and oxygen atoms in total. The summed E-state index contributed by atoms with van der Waals surface area (Å²) in [6, 6.07) is 7.79. The lowest BCUT2D eigenvalue weighted by molar-refractivity contribution is -0.212. The van der Waals surface area contributed by atoms with Gasteiger partial charge in [0.25, 0.3) is 0 Å². The molecule has 5 heteroatoms. The first-order valence-electron chi connectivity index (χ1n) is 7.75. The van der Waals surface area contributed by atoms with Gasteiger partial charge in [-0.15, -0.1) is 0 Å². The van der Waals surface area contributed by atoms with Gasteiger partial charge < -0.3 is 4.90 Å². The zero-order valence-corrected chi connectivity index (χ0v) is 12.5. The number of hydroxylamine groups is 1. The highest BCUT2D eigenvalue weighted by atomic mass is 35.5. The first kappa shape index (κ1) is 12.4. The van der Waals surface area contributed by atoms with E-state index < -0.39 is 0 Å². The number of amidine groups is 1. The molecule has 21 heavy (non-hydrogen) atoms. The van der Waals surface area contributed by atoms with Crippen molar-refractivity contribution in [3.63, 3.8) is 0 Å². The number of aliphatic imine (C=N–C) groups is 1. The van der Waals surface area contributed by atoms with Crippen molar-refractivity contribution in [3.05, 3.63) is 34.9 Å². The van der Waals surface area contributed by atoms with Crippen molar-refractivity contribution in [2.75, 3.05) is 19.6 Å². The largest absolute Gasteiger partial charge is 0.302 e. The molecule has 2 unspecified atom stereocenters. The molecule has 4 aliphatic heterocycles. The summed E-state index contributed by atoms with van der Waals surface area (Å²) in [5, 5.41) is 0.746. The summed E-state index contributed by atoms with van der Waals surface area (Å²) in [4.78, 5) is 13.7. The number of hydrogen-bond donors (Lipinski definition) is 1. The lowest BCUT2D eigenvalue weighted by Gasteiger charge is -2.58. The molecule has 2 atom stereocenters. The lowest BCUT2D eigenvalue weighted by atomic mass is 9.63. The zero-order chi connectivity index (χ0) is 14.0. The number of rotatable bonds is 1. The molecule has 0 aromatic heterocycles. The van der Waals surface area contributed by atoms with E-state index in [1.54, 1.807) is 0 Å². The van der Waals surface area contributed by atoms with Crippen LogP contribution in [0.5, 0.6) is 0 Å². The molecule has 4 heterocycles. The fourth-order valence-corrected chi connectivity index (χ4v) is 4.90. The summed E-state index contributed by atoms with van der Waals surface area (Å²) in [5.74, 6) is 2.77. The van der Waals surface area contributed by atoms with Crippen molar-refractivity contribution in [2.45, 2.75) is 18.6 Å². The number of nitrogens with one attached hydrogen (secondary N) is 1. The molecule has 4 bridgehead atoms. The Kier molecular flexibility index (Phi) is 2.50. The molecule has 6 rings (SSSR count). The molecule has 0 radical (unpaired) electrons. The second-order valence-corrected chi connectivity index (χ2v) is 7.31. The van der Waals surface area contributed by atoms with E-state index in [1.807, 2.05) is 24.3 Å². The van der Waals surface area contributed by atoms with Gasteiger partial charge in [-0.25, -0.2) is 15.3 Å². The topological polar surface area (TPSA) is 36.9 Å². The van der Waals surface area contributed by atoms with Gasteiger partial charge in [-0.3, -0.25) is 0 Å². The molecular weight excluding hydrogens is 286 g/mol. The summed E-state index contributed by atoms with van der Waals surface area (Å²) in [5.41, 5.74) is 3.82. The standard InChI is InChI=1S/C16H18ClN3O/c17-14-3-1-11(2-4-14)15-18-16(21-19-15)12-5-10-6-13(16)9-20(7-10)8-12/h1-4,10,12-13H,5-9H2,(H,18,19). The van der Waals surface area contributed by atoms with Gasteiger partial charge >= 0.3 is 0 Å². The molecule has 3 saturated heterocycles. The predicted molar refractivity (Wildman–Crippen MR) is 81.1 cm³/mol. The lowest BCUT2D eigenvalue weighted by Crippen LogP contribution is -2.66. The molecule has 0 amide bonds. The van der Waals surface area contributed by atoms with E-state index in [2.05, 4.69) is 10.4 Å². The van der Waals surface area contributed by atoms with Crippen LogP contribution >= 0.6 is 11.6 Å². The van der Waals surface area contributed by atoms with E-state index in [-0.39, 0.29) is 5.72 Å². The molecule has 5 aliphatic rings. The van der Waals surface area contributed by atoms with E-state index in [0.717, 1.165) is 35.4 Å². The predicted octanol–water partition coefficient (Wildman–Crippen LogP) is 2.29. The van der Waals surface area contributed by atoms with Crippen LogP contribution in [0.15, 0.2) is 29.3 Å². The van der Waals surface area contributed by atoms with E-state index in [9.17, 15) is 0 Å². The first-order valence-corrected chi connectivity index (χ1v) is 8.13. The van der Waals surface area contributed by atoms with Crippen LogP contribution < -0.4 is 5.48 Å². The van der Waals surface area contributed by atoms with E-state index >= 15 is 0 Å². The quantitative estimate of drug-likeness (QED) is 0.865.